The van der Waals surface area contributed by atoms with Gasteiger partial charge < -0.3 is 25.3 Å². The Hall–Kier alpha value is -2.72. The molecule has 31 heavy (non-hydrogen) atoms. The maximum atomic E-state index is 13.2. The predicted octanol–water partition coefficient (Wildman–Crippen LogP) is 2.21. The molecule has 0 spiro atoms. The number of benzene rings is 1. The highest BCUT2D eigenvalue weighted by molar-refractivity contribution is 5.96. The third-order valence-corrected chi connectivity index (χ3v) is 5.44. The van der Waals surface area contributed by atoms with E-state index in [2.05, 4.69) is 20.9 Å². The molecule has 0 bridgehead atoms. The molecule has 168 valence electrons. The van der Waals surface area contributed by atoms with Gasteiger partial charge in [-0.2, -0.15) is 13.2 Å². The van der Waals surface area contributed by atoms with Crippen molar-refractivity contribution in [2.75, 3.05) is 20.1 Å². The van der Waals surface area contributed by atoms with E-state index in [4.69, 9.17) is 0 Å². The van der Waals surface area contributed by atoms with Crippen LogP contribution in [0.3, 0.4) is 0 Å². The number of amides is 1. The molecule has 2 heterocycles. The van der Waals surface area contributed by atoms with Crippen LogP contribution in [0.4, 0.5) is 13.2 Å². The third kappa shape index (κ3) is 4.80. The molecule has 3 N–H and O–H groups in total. The molecule has 1 aliphatic rings. The van der Waals surface area contributed by atoms with Crippen LogP contribution < -0.4 is 16.0 Å². The molecular formula is C21H26F3N5O2. The second-order valence-corrected chi connectivity index (χ2v) is 8.24. The van der Waals surface area contributed by atoms with Crippen molar-refractivity contribution in [1.29, 1.82) is 0 Å². The molecule has 0 radical (unpaired) electrons. The summed E-state index contributed by atoms with van der Waals surface area (Å²) in [5, 5.41) is 8.88. The zero-order valence-corrected chi connectivity index (χ0v) is 17.6. The van der Waals surface area contributed by atoms with Gasteiger partial charge in [0.1, 0.15) is 12.1 Å². The molecule has 1 amide bonds. The van der Waals surface area contributed by atoms with Gasteiger partial charge in [-0.05, 0) is 19.2 Å². The summed E-state index contributed by atoms with van der Waals surface area (Å²) >= 11 is 0. The summed E-state index contributed by atoms with van der Waals surface area (Å²) in [5.74, 6) is -0.239. The van der Waals surface area contributed by atoms with Crippen LogP contribution in [0.2, 0.25) is 0 Å². The second-order valence-electron chi connectivity index (χ2n) is 8.24. The van der Waals surface area contributed by atoms with Gasteiger partial charge in [0.05, 0.1) is 17.3 Å². The van der Waals surface area contributed by atoms with E-state index < -0.39 is 29.1 Å². The molecule has 10 heteroatoms. The van der Waals surface area contributed by atoms with Crippen molar-refractivity contribution in [2.45, 2.75) is 39.2 Å². The average molecular weight is 437 g/mol. The Morgan fingerprint density at radius 2 is 2.10 bits per heavy atom. The van der Waals surface area contributed by atoms with Crippen molar-refractivity contribution in [1.82, 2.24) is 25.5 Å². The number of halogens is 3. The minimum Gasteiger partial charge on any atom is -0.341 e. The van der Waals surface area contributed by atoms with Crippen molar-refractivity contribution in [3.05, 3.63) is 41.2 Å². The first-order chi connectivity index (χ1) is 14.6. The molecule has 1 atom stereocenters. The maximum absolute atomic E-state index is 13.2. The fraction of sp³-hybridized carbons (Fsp3) is 0.476. The smallest absolute Gasteiger partial charge is 0.341 e. The normalized spacial score (nSPS) is 15.3. The third-order valence-electron chi connectivity index (χ3n) is 5.44. The van der Waals surface area contributed by atoms with Crippen molar-refractivity contribution in [2.24, 2.45) is 5.41 Å². The molecule has 0 saturated carbocycles. The fourth-order valence-corrected chi connectivity index (χ4v) is 3.73. The van der Waals surface area contributed by atoms with Gasteiger partial charge in [0.2, 0.25) is 0 Å². The molecule has 0 aliphatic carbocycles. The fourth-order valence-electron chi connectivity index (χ4n) is 3.73. The summed E-state index contributed by atoms with van der Waals surface area (Å²) in [7, 11) is 1.75. The number of imidazole rings is 1. The van der Waals surface area contributed by atoms with Crippen LogP contribution in [0.1, 0.15) is 35.6 Å². The Kier molecular flexibility index (Phi) is 6.51. The van der Waals surface area contributed by atoms with Gasteiger partial charge in [-0.15, -0.1) is 0 Å². The summed E-state index contributed by atoms with van der Waals surface area (Å²) in [6.07, 6.45) is -3.80. The summed E-state index contributed by atoms with van der Waals surface area (Å²) < 4.78 is 41.3. The Morgan fingerprint density at radius 3 is 2.74 bits per heavy atom. The van der Waals surface area contributed by atoms with Gasteiger partial charge in [0.15, 0.2) is 5.69 Å². The van der Waals surface area contributed by atoms with E-state index in [1.165, 1.54) is 6.07 Å². The number of nitrogens with zero attached hydrogens (tertiary/aromatic N) is 2. The molecular weight excluding hydrogens is 411 g/mol. The lowest BCUT2D eigenvalue weighted by molar-refractivity contribution is -0.137. The number of nitrogens with one attached hydrogen (secondary N) is 3. The molecule has 1 aliphatic heterocycles. The number of aldehydes is 1. The van der Waals surface area contributed by atoms with Crippen LogP contribution in [-0.2, 0) is 24.1 Å². The molecule has 0 fully saturated rings. The number of hydrogen-bond acceptors (Lipinski definition) is 5. The maximum Gasteiger partial charge on any atom is 0.416 e. The van der Waals surface area contributed by atoms with Gasteiger partial charge in [-0.25, -0.2) is 4.98 Å². The lowest BCUT2D eigenvalue weighted by Gasteiger charge is -2.31. The minimum absolute atomic E-state index is 0.103. The van der Waals surface area contributed by atoms with E-state index >= 15 is 0 Å². The van der Waals surface area contributed by atoms with Crippen LogP contribution >= 0.6 is 0 Å². The monoisotopic (exact) mass is 437 g/mol. The van der Waals surface area contributed by atoms with Gasteiger partial charge in [-0.1, -0.05) is 26.0 Å². The average Bonchev–Trinajstić information content (AvgIpc) is 3.11. The molecule has 1 aromatic heterocycles. The van der Waals surface area contributed by atoms with Crippen LogP contribution in [0, 0.1) is 5.41 Å². The van der Waals surface area contributed by atoms with Crippen LogP contribution in [0.5, 0.6) is 0 Å². The molecule has 1 aromatic carbocycles. The van der Waals surface area contributed by atoms with Gasteiger partial charge in [-0.3, -0.25) is 4.79 Å². The number of aromatic nitrogens is 2. The number of hydrogen-bond donors (Lipinski definition) is 3. The first-order valence-electron chi connectivity index (χ1n) is 9.97. The Bertz CT molecular complexity index is 968. The van der Waals surface area contributed by atoms with E-state index in [0.717, 1.165) is 12.1 Å². The number of rotatable bonds is 7. The zero-order valence-electron chi connectivity index (χ0n) is 17.6. The Morgan fingerprint density at radius 1 is 1.35 bits per heavy atom. The number of carbonyl (C=O) groups excluding carboxylic acids is 2. The van der Waals surface area contributed by atoms with Gasteiger partial charge in [0, 0.05) is 37.2 Å². The first-order valence-corrected chi connectivity index (χ1v) is 9.97. The van der Waals surface area contributed by atoms with E-state index in [0.29, 0.717) is 44.0 Å². The highest BCUT2D eigenvalue weighted by Gasteiger charge is 2.34. The quantitative estimate of drug-likeness (QED) is 0.578. The van der Waals surface area contributed by atoms with Crippen LogP contribution in [0.15, 0.2) is 24.3 Å². The Labute approximate surface area is 178 Å². The largest absolute Gasteiger partial charge is 0.416 e. The Balaban J connectivity index is 1.99. The summed E-state index contributed by atoms with van der Waals surface area (Å²) in [6.45, 7) is 5.60. The van der Waals surface area contributed by atoms with Crippen LogP contribution in [-0.4, -0.2) is 47.9 Å². The molecule has 0 saturated heterocycles. The predicted molar refractivity (Wildman–Crippen MR) is 109 cm³/mol. The topological polar surface area (TPSA) is 88.1 Å². The molecule has 2 aromatic rings. The molecule has 0 unspecified atom stereocenters. The van der Waals surface area contributed by atoms with E-state index in [9.17, 15) is 22.8 Å². The highest BCUT2D eigenvalue weighted by atomic mass is 19.4. The second kappa shape index (κ2) is 8.80. The van der Waals surface area contributed by atoms with Crippen molar-refractivity contribution in [3.63, 3.8) is 0 Å². The number of carbonyl (C=O) groups is 2. The lowest BCUT2D eigenvalue weighted by Crippen LogP contribution is -2.50. The van der Waals surface area contributed by atoms with Crippen LogP contribution in [0.25, 0.3) is 11.4 Å². The van der Waals surface area contributed by atoms with Crippen molar-refractivity contribution < 1.29 is 22.8 Å². The summed E-state index contributed by atoms with van der Waals surface area (Å²) in [5.41, 5.74) is -0.371. The van der Waals surface area contributed by atoms with Crippen molar-refractivity contribution in [3.8, 4) is 11.4 Å². The van der Waals surface area contributed by atoms with E-state index in [1.54, 1.807) is 17.7 Å². The summed E-state index contributed by atoms with van der Waals surface area (Å²) in [6, 6.07) is 4.13. The molecule has 7 nitrogen and oxygen atoms in total. The zero-order chi connectivity index (χ0) is 22.8. The van der Waals surface area contributed by atoms with Gasteiger partial charge in [0.25, 0.3) is 5.91 Å². The minimum atomic E-state index is -4.48. The SMILES string of the molecule is CNCC(C)(C)[C@@H](C=O)NC(=O)c1nc(-c2cccc(C(F)(F)F)c2)n2c1CNCC2. The number of fused-ring (bicyclic) bond motifs is 1. The molecule has 3 rings (SSSR count). The summed E-state index contributed by atoms with van der Waals surface area (Å²) in [4.78, 5) is 29.1. The number of alkyl halides is 3. The van der Waals surface area contributed by atoms with Crippen molar-refractivity contribution >= 4 is 12.2 Å². The standard InChI is InChI=1S/C21H26F3N5O2/c1-20(2,12-25-3)16(11-30)27-19(31)17-15-10-26-7-8-29(15)18(28-17)13-5-4-6-14(9-13)21(22,23)24/h4-6,9,11,16,25-26H,7-8,10,12H2,1-3H3,(H,27,31)/t16-/m1/s1. The van der Waals surface area contributed by atoms with Gasteiger partial charge >= 0.3 is 6.18 Å². The highest BCUT2D eigenvalue weighted by Crippen LogP contribution is 2.33. The first kappa shape index (κ1) is 23.0. The lowest BCUT2D eigenvalue weighted by atomic mass is 9.85. The van der Waals surface area contributed by atoms with E-state index in [1.807, 2.05) is 13.8 Å². The van der Waals surface area contributed by atoms with E-state index in [-0.39, 0.29) is 11.3 Å².